The molecular weight excluding hydrogens is 410 g/mol. The molecule has 1 atom stereocenters. The molecule has 2 aliphatic heterocycles. The maximum Gasteiger partial charge on any atom is 0.228 e. The van der Waals surface area contributed by atoms with Gasteiger partial charge in [-0.2, -0.15) is 0 Å². The first-order valence-corrected chi connectivity index (χ1v) is 12.0. The number of anilines is 1. The van der Waals surface area contributed by atoms with Gasteiger partial charge in [-0.05, 0) is 56.3 Å². The molecule has 3 aromatic rings. The monoisotopic (exact) mass is 441 g/mol. The molecule has 2 aliphatic rings. The number of carbonyl (C=O) groups is 1. The molecule has 0 saturated carbocycles. The molecule has 4 heterocycles. The van der Waals surface area contributed by atoms with Crippen molar-refractivity contribution in [3.63, 3.8) is 0 Å². The number of benzene rings is 1. The Morgan fingerprint density at radius 1 is 1.00 bits per heavy atom. The number of aryl methyl sites for hydroxylation is 1. The zero-order chi connectivity index (χ0) is 22.6. The molecule has 0 radical (unpaired) electrons. The Balaban J connectivity index is 1.43. The molecule has 1 fully saturated rings. The Hall–Kier alpha value is -3.12. The molecule has 0 aliphatic carbocycles. The summed E-state index contributed by atoms with van der Waals surface area (Å²) in [5.74, 6) is 1.85. The molecule has 6 heteroatoms. The fraction of sp³-hybridized carbons (Fsp3) is 0.407. The van der Waals surface area contributed by atoms with Gasteiger partial charge in [0.2, 0.25) is 5.91 Å². The molecule has 2 aromatic heterocycles. The average molecular weight is 442 g/mol. The molecule has 0 spiro atoms. The number of fused-ring (bicyclic) bond motifs is 1. The van der Waals surface area contributed by atoms with E-state index in [0.717, 1.165) is 55.3 Å². The van der Waals surface area contributed by atoms with E-state index in [1.807, 2.05) is 41.6 Å². The number of nitrogens with zero attached hydrogens (tertiary/aromatic N) is 5. The molecule has 0 N–H and O–H groups in total. The normalized spacial score (nSPS) is 18.9. The first-order chi connectivity index (χ1) is 16.2. The summed E-state index contributed by atoms with van der Waals surface area (Å²) in [7, 11) is 0. The number of piperidine rings is 1. The van der Waals surface area contributed by atoms with E-state index >= 15 is 0 Å². The van der Waals surface area contributed by atoms with Gasteiger partial charge in [-0.25, -0.2) is 9.97 Å². The van der Waals surface area contributed by atoms with E-state index in [0.29, 0.717) is 13.0 Å². The van der Waals surface area contributed by atoms with Crippen LogP contribution in [0.4, 0.5) is 5.82 Å². The fourth-order valence-electron chi connectivity index (χ4n) is 5.07. The maximum absolute atomic E-state index is 12.9. The highest BCUT2D eigenvalue weighted by Crippen LogP contribution is 2.34. The zero-order valence-corrected chi connectivity index (χ0v) is 19.3. The summed E-state index contributed by atoms with van der Waals surface area (Å²) in [4.78, 5) is 31.6. The minimum atomic E-state index is 0.163. The van der Waals surface area contributed by atoms with E-state index in [9.17, 15) is 4.79 Å². The lowest BCUT2D eigenvalue weighted by atomic mass is 9.98. The smallest absolute Gasteiger partial charge is 0.228 e. The number of likely N-dealkylation sites (tertiary alicyclic amines) is 1. The Bertz CT molecular complexity index is 1100. The average Bonchev–Trinajstić information content (AvgIpc) is 2.85. The first kappa shape index (κ1) is 21.7. The van der Waals surface area contributed by atoms with Gasteiger partial charge in [-0.15, -0.1) is 0 Å². The predicted octanol–water partition coefficient (Wildman–Crippen LogP) is 4.43. The van der Waals surface area contributed by atoms with Gasteiger partial charge in [-0.3, -0.25) is 19.6 Å². The SMILES string of the molecule is Cc1nc(C2CCCCN2Cc2cccnc2)nc2c1CCC(=O)N2CCc1ccccc1. The molecule has 0 bridgehead atoms. The molecule has 1 saturated heterocycles. The van der Waals surface area contributed by atoms with Crippen LogP contribution in [0.1, 0.15) is 59.9 Å². The molecule has 6 nitrogen and oxygen atoms in total. The molecule has 1 amide bonds. The summed E-state index contributed by atoms with van der Waals surface area (Å²) < 4.78 is 0. The highest BCUT2D eigenvalue weighted by atomic mass is 16.2. The molecule has 1 aromatic carbocycles. The molecule has 5 rings (SSSR count). The minimum Gasteiger partial charge on any atom is -0.296 e. The van der Waals surface area contributed by atoms with Crippen LogP contribution in [0.5, 0.6) is 0 Å². The quantitative estimate of drug-likeness (QED) is 0.566. The topological polar surface area (TPSA) is 62.2 Å². The van der Waals surface area contributed by atoms with Gasteiger partial charge >= 0.3 is 0 Å². The first-order valence-electron chi connectivity index (χ1n) is 12.0. The van der Waals surface area contributed by atoms with Gasteiger partial charge in [0, 0.05) is 43.2 Å². The Labute approximate surface area is 195 Å². The molecular formula is C27H31N5O. The summed E-state index contributed by atoms with van der Waals surface area (Å²) in [5, 5.41) is 0. The van der Waals surface area contributed by atoms with Crippen LogP contribution in [-0.2, 0) is 24.2 Å². The van der Waals surface area contributed by atoms with Gasteiger partial charge in [0.15, 0.2) is 0 Å². The van der Waals surface area contributed by atoms with Crippen LogP contribution < -0.4 is 4.90 Å². The van der Waals surface area contributed by atoms with E-state index in [4.69, 9.17) is 9.97 Å². The lowest BCUT2D eigenvalue weighted by molar-refractivity contribution is -0.118. The second kappa shape index (κ2) is 9.79. The van der Waals surface area contributed by atoms with Crippen LogP contribution in [0.15, 0.2) is 54.9 Å². The van der Waals surface area contributed by atoms with Gasteiger partial charge in [0.1, 0.15) is 11.6 Å². The standard InChI is InChI=1S/C27H31N5O/c1-20-23-12-13-25(33)32(17-14-21-8-3-2-4-9-21)27(23)30-26(29-20)24-11-5-6-16-31(24)19-22-10-7-15-28-18-22/h2-4,7-10,15,18,24H,5-6,11-14,16-17,19H2,1H3. The van der Waals surface area contributed by atoms with E-state index in [2.05, 4.69) is 35.0 Å². The van der Waals surface area contributed by atoms with Crippen LogP contribution in [0, 0.1) is 6.92 Å². The maximum atomic E-state index is 12.9. The van der Waals surface area contributed by atoms with Crippen molar-refractivity contribution >= 4 is 11.7 Å². The van der Waals surface area contributed by atoms with Crippen molar-refractivity contribution in [3.05, 3.63) is 83.1 Å². The number of pyridine rings is 1. The highest BCUT2D eigenvalue weighted by molar-refractivity contribution is 5.95. The van der Waals surface area contributed by atoms with Crippen molar-refractivity contribution < 1.29 is 4.79 Å². The highest BCUT2D eigenvalue weighted by Gasteiger charge is 2.32. The van der Waals surface area contributed by atoms with Gasteiger partial charge < -0.3 is 0 Å². The Kier molecular flexibility index (Phi) is 6.44. The third-order valence-corrected chi connectivity index (χ3v) is 6.84. The minimum absolute atomic E-state index is 0.163. The largest absolute Gasteiger partial charge is 0.296 e. The van der Waals surface area contributed by atoms with Gasteiger partial charge in [-0.1, -0.05) is 42.8 Å². The lowest BCUT2D eigenvalue weighted by Gasteiger charge is -2.36. The van der Waals surface area contributed by atoms with Crippen molar-refractivity contribution in [2.75, 3.05) is 18.0 Å². The van der Waals surface area contributed by atoms with E-state index in [1.54, 1.807) is 0 Å². The van der Waals surface area contributed by atoms with E-state index in [1.165, 1.54) is 24.0 Å². The molecule has 170 valence electrons. The predicted molar refractivity (Wildman–Crippen MR) is 129 cm³/mol. The summed E-state index contributed by atoms with van der Waals surface area (Å²) in [6, 6.07) is 14.6. The van der Waals surface area contributed by atoms with Crippen molar-refractivity contribution in [2.45, 2.75) is 58.0 Å². The van der Waals surface area contributed by atoms with Crippen LogP contribution in [0.25, 0.3) is 0 Å². The number of aromatic nitrogens is 3. The van der Waals surface area contributed by atoms with E-state index in [-0.39, 0.29) is 11.9 Å². The molecule has 1 unspecified atom stereocenters. The van der Waals surface area contributed by atoms with Crippen molar-refractivity contribution in [1.82, 2.24) is 19.9 Å². The number of hydrogen-bond acceptors (Lipinski definition) is 5. The van der Waals surface area contributed by atoms with E-state index < -0.39 is 0 Å². The Morgan fingerprint density at radius 2 is 1.85 bits per heavy atom. The summed E-state index contributed by atoms with van der Waals surface area (Å²) in [6.45, 7) is 4.59. The van der Waals surface area contributed by atoms with Crippen LogP contribution in [0.2, 0.25) is 0 Å². The summed E-state index contributed by atoms with van der Waals surface area (Å²) in [6.07, 6.45) is 9.22. The van der Waals surface area contributed by atoms with Gasteiger partial charge in [0.05, 0.1) is 6.04 Å². The van der Waals surface area contributed by atoms with Crippen molar-refractivity contribution in [3.8, 4) is 0 Å². The number of rotatable bonds is 6. The Morgan fingerprint density at radius 3 is 2.67 bits per heavy atom. The fourth-order valence-corrected chi connectivity index (χ4v) is 5.07. The number of carbonyl (C=O) groups excluding carboxylic acids is 1. The number of hydrogen-bond donors (Lipinski definition) is 0. The lowest BCUT2D eigenvalue weighted by Crippen LogP contribution is -2.39. The molecule has 33 heavy (non-hydrogen) atoms. The van der Waals surface area contributed by atoms with Crippen LogP contribution >= 0.6 is 0 Å². The third kappa shape index (κ3) is 4.81. The summed E-state index contributed by atoms with van der Waals surface area (Å²) >= 11 is 0. The number of amides is 1. The third-order valence-electron chi connectivity index (χ3n) is 6.84. The van der Waals surface area contributed by atoms with Crippen molar-refractivity contribution in [1.29, 1.82) is 0 Å². The van der Waals surface area contributed by atoms with Crippen LogP contribution in [-0.4, -0.2) is 38.8 Å². The second-order valence-corrected chi connectivity index (χ2v) is 9.09. The zero-order valence-electron chi connectivity index (χ0n) is 19.3. The van der Waals surface area contributed by atoms with Crippen molar-refractivity contribution in [2.24, 2.45) is 0 Å². The van der Waals surface area contributed by atoms with Crippen LogP contribution in [0.3, 0.4) is 0 Å². The second-order valence-electron chi connectivity index (χ2n) is 9.09. The van der Waals surface area contributed by atoms with Gasteiger partial charge in [0.25, 0.3) is 0 Å². The summed E-state index contributed by atoms with van der Waals surface area (Å²) in [5.41, 5.74) is 4.58.